The van der Waals surface area contributed by atoms with Crippen molar-refractivity contribution in [3.05, 3.63) is 17.1 Å². The molecule has 100 valence electrons. The highest BCUT2D eigenvalue weighted by molar-refractivity contribution is 5.47. The van der Waals surface area contributed by atoms with Gasteiger partial charge in [0.25, 0.3) is 0 Å². The maximum absolute atomic E-state index is 8.92. The fourth-order valence-electron chi connectivity index (χ4n) is 2.46. The van der Waals surface area contributed by atoms with Crippen LogP contribution in [0.5, 0.6) is 0 Å². The maximum atomic E-state index is 8.92. The molecule has 4 nitrogen and oxygen atoms in total. The van der Waals surface area contributed by atoms with E-state index in [2.05, 4.69) is 22.2 Å². The van der Waals surface area contributed by atoms with Gasteiger partial charge in [0.15, 0.2) is 0 Å². The maximum Gasteiger partial charge on any atom is 0.133 e. The molecule has 0 radical (unpaired) electrons. The quantitative estimate of drug-likeness (QED) is 0.839. The van der Waals surface area contributed by atoms with Crippen LogP contribution in [0.1, 0.15) is 43.3 Å². The predicted octanol–water partition coefficient (Wildman–Crippen LogP) is 2.09. The van der Waals surface area contributed by atoms with Gasteiger partial charge in [0.1, 0.15) is 11.6 Å². The zero-order valence-corrected chi connectivity index (χ0v) is 11.4. The minimum Gasteiger partial charge on any atom is -0.396 e. The Labute approximate surface area is 109 Å². The van der Waals surface area contributed by atoms with Crippen LogP contribution in [0.15, 0.2) is 0 Å². The molecular formula is C14H23N3O. The number of aliphatic hydroxyl groups is 1. The summed E-state index contributed by atoms with van der Waals surface area (Å²) in [6, 6.07) is 0. The van der Waals surface area contributed by atoms with Crippen LogP contribution < -0.4 is 5.32 Å². The van der Waals surface area contributed by atoms with Crippen molar-refractivity contribution in [2.45, 2.75) is 46.0 Å². The summed E-state index contributed by atoms with van der Waals surface area (Å²) in [5.41, 5.74) is 2.54. The number of nitrogens with zero attached hydrogens (tertiary/aromatic N) is 2. The first-order valence-electron chi connectivity index (χ1n) is 6.92. The fourth-order valence-corrected chi connectivity index (χ4v) is 2.46. The highest BCUT2D eigenvalue weighted by Gasteiger charge is 2.16. The third-order valence-corrected chi connectivity index (χ3v) is 3.53. The Morgan fingerprint density at radius 3 is 2.83 bits per heavy atom. The van der Waals surface area contributed by atoms with Gasteiger partial charge in [-0.2, -0.15) is 0 Å². The summed E-state index contributed by atoms with van der Waals surface area (Å²) in [6.45, 7) is 5.22. The highest BCUT2D eigenvalue weighted by Crippen LogP contribution is 2.25. The van der Waals surface area contributed by atoms with E-state index in [1.807, 2.05) is 6.92 Å². The number of aromatic nitrogens is 2. The second kappa shape index (κ2) is 6.14. The molecule has 1 aliphatic rings. The number of fused-ring (bicyclic) bond motifs is 1. The van der Waals surface area contributed by atoms with Gasteiger partial charge in [0, 0.05) is 24.4 Å². The van der Waals surface area contributed by atoms with E-state index in [-0.39, 0.29) is 6.61 Å². The average molecular weight is 249 g/mol. The fraction of sp³-hybridized carbons (Fsp3) is 0.714. The van der Waals surface area contributed by atoms with Crippen LogP contribution in [-0.2, 0) is 12.8 Å². The number of rotatable bonds is 5. The van der Waals surface area contributed by atoms with Crippen LogP contribution in [0.25, 0.3) is 0 Å². The van der Waals surface area contributed by atoms with Crippen molar-refractivity contribution >= 4 is 5.82 Å². The van der Waals surface area contributed by atoms with Crippen molar-refractivity contribution in [1.29, 1.82) is 0 Å². The van der Waals surface area contributed by atoms with E-state index in [4.69, 9.17) is 5.11 Å². The van der Waals surface area contributed by atoms with E-state index in [1.165, 1.54) is 24.1 Å². The second-order valence-electron chi connectivity index (χ2n) is 5.25. The highest BCUT2D eigenvalue weighted by atomic mass is 16.3. The van der Waals surface area contributed by atoms with Gasteiger partial charge in [-0.05, 0) is 44.9 Å². The Morgan fingerprint density at radius 1 is 1.28 bits per heavy atom. The molecule has 0 bridgehead atoms. The van der Waals surface area contributed by atoms with Crippen LogP contribution in [0, 0.1) is 12.8 Å². The molecule has 2 N–H and O–H groups in total. The lowest BCUT2D eigenvalue weighted by Crippen LogP contribution is -2.18. The van der Waals surface area contributed by atoms with Gasteiger partial charge in [-0.15, -0.1) is 0 Å². The number of nitrogens with one attached hydrogen (secondary N) is 1. The molecule has 1 heterocycles. The van der Waals surface area contributed by atoms with E-state index in [9.17, 15) is 0 Å². The van der Waals surface area contributed by atoms with Crippen LogP contribution in [0.2, 0.25) is 0 Å². The summed E-state index contributed by atoms with van der Waals surface area (Å²) in [5, 5.41) is 12.4. The topological polar surface area (TPSA) is 58.0 Å². The van der Waals surface area contributed by atoms with Crippen molar-refractivity contribution in [2.75, 3.05) is 18.5 Å². The molecule has 18 heavy (non-hydrogen) atoms. The van der Waals surface area contributed by atoms with Crippen molar-refractivity contribution < 1.29 is 5.11 Å². The number of anilines is 1. The lowest BCUT2D eigenvalue weighted by Gasteiger charge is -2.20. The van der Waals surface area contributed by atoms with Crippen molar-refractivity contribution in [1.82, 2.24) is 9.97 Å². The molecule has 1 aromatic heterocycles. The Hall–Kier alpha value is -1.16. The monoisotopic (exact) mass is 249 g/mol. The molecule has 4 heteroatoms. The third-order valence-electron chi connectivity index (χ3n) is 3.53. The first-order valence-corrected chi connectivity index (χ1v) is 6.92. The summed E-state index contributed by atoms with van der Waals surface area (Å²) in [5.74, 6) is 2.33. The van der Waals surface area contributed by atoms with Crippen LogP contribution in [0.3, 0.4) is 0 Å². The summed E-state index contributed by atoms with van der Waals surface area (Å²) < 4.78 is 0. The third kappa shape index (κ3) is 3.19. The summed E-state index contributed by atoms with van der Waals surface area (Å²) >= 11 is 0. The van der Waals surface area contributed by atoms with Gasteiger partial charge in [-0.1, -0.05) is 6.92 Å². The molecule has 1 aliphatic carbocycles. The first kappa shape index (κ1) is 13.3. The van der Waals surface area contributed by atoms with E-state index in [0.29, 0.717) is 5.92 Å². The largest absolute Gasteiger partial charge is 0.396 e. The van der Waals surface area contributed by atoms with Crippen LogP contribution in [-0.4, -0.2) is 28.2 Å². The lowest BCUT2D eigenvalue weighted by atomic mass is 9.96. The van der Waals surface area contributed by atoms with Gasteiger partial charge in [0.2, 0.25) is 0 Å². The Bertz CT molecular complexity index is 406. The Balaban J connectivity index is 2.09. The smallest absolute Gasteiger partial charge is 0.133 e. The van der Waals surface area contributed by atoms with Gasteiger partial charge in [-0.3, -0.25) is 0 Å². The molecule has 2 rings (SSSR count). The number of aryl methyl sites for hydroxylation is 2. The molecule has 1 aromatic rings. The molecule has 0 amide bonds. The first-order chi connectivity index (χ1) is 8.70. The normalized spacial score (nSPS) is 16.2. The average Bonchev–Trinajstić information content (AvgIpc) is 2.36. The Kier molecular flexibility index (Phi) is 4.53. The van der Waals surface area contributed by atoms with E-state index < -0.39 is 0 Å². The minimum absolute atomic E-state index is 0.254. The molecule has 0 saturated carbocycles. The molecular weight excluding hydrogens is 226 g/mol. The van der Waals surface area contributed by atoms with Gasteiger partial charge < -0.3 is 10.4 Å². The molecule has 0 fully saturated rings. The SMILES string of the molecule is Cc1nc2c(c(NCC(C)CCO)n1)CCCC2. The lowest BCUT2D eigenvalue weighted by molar-refractivity contribution is 0.266. The number of aliphatic hydroxyl groups excluding tert-OH is 1. The van der Waals surface area contributed by atoms with Crippen molar-refractivity contribution in [3.8, 4) is 0 Å². The van der Waals surface area contributed by atoms with Crippen molar-refractivity contribution in [3.63, 3.8) is 0 Å². The van der Waals surface area contributed by atoms with E-state index in [0.717, 1.165) is 37.4 Å². The van der Waals surface area contributed by atoms with E-state index in [1.54, 1.807) is 0 Å². The van der Waals surface area contributed by atoms with Crippen LogP contribution in [0.4, 0.5) is 5.82 Å². The molecule has 0 saturated heterocycles. The van der Waals surface area contributed by atoms with Crippen LogP contribution >= 0.6 is 0 Å². The van der Waals surface area contributed by atoms with Crippen molar-refractivity contribution in [2.24, 2.45) is 5.92 Å². The number of hydrogen-bond acceptors (Lipinski definition) is 4. The zero-order chi connectivity index (χ0) is 13.0. The number of hydrogen-bond donors (Lipinski definition) is 2. The second-order valence-corrected chi connectivity index (χ2v) is 5.25. The molecule has 1 unspecified atom stereocenters. The summed E-state index contributed by atoms with van der Waals surface area (Å²) in [6.07, 6.45) is 5.48. The van der Waals surface area contributed by atoms with Gasteiger partial charge in [0.05, 0.1) is 0 Å². The molecule has 0 spiro atoms. The molecule has 0 aliphatic heterocycles. The Morgan fingerprint density at radius 2 is 2.06 bits per heavy atom. The molecule has 1 atom stereocenters. The minimum atomic E-state index is 0.254. The zero-order valence-electron chi connectivity index (χ0n) is 11.4. The van der Waals surface area contributed by atoms with Gasteiger partial charge >= 0.3 is 0 Å². The summed E-state index contributed by atoms with van der Waals surface area (Å²) in [4.78, 5) is 9.08. The standard InChI is InChI=1S/C14H23N3O/c1-10(7-8-18)9-15-14-12-5-3-4-6-13(12)16-11(2)17-14/h10,18H,3-9H2,1-2H3,(H,15,16,17). The summed E-state index contributed by atoms with van der Waals surface area (Å²) in [7, 11) is 0. The predicted molar refractivity (Wildman–Crippen MR) is 72.8 cm³/mol. The van der Waals surface area contributed by atoms with Gasteiger partial charge in [-0.25, -0.2) is 9.97 Å². The molecule has 0 aromatic carbocycles. The van der Waals surface area contributed by atoms with E-state index >= 15 is 0 Å².